The van der Waals surface area contributed by atoms with Gasteiger partial charge in [-0.2, -0.15) is 0 Å². The van der Waals surface area contributed by atoms with Crippen molar-refractivity contribution in [1.82, 2.24) is 8.87 Å². The van der Waals surface area contributed by atoms with Crippen molar-refractivity contribution in [3.05, 3.63) is 95.9 Å². The summed E-state index contributed by atoms with van der Waals surface area (Å²) in [5.41, 5.74) is 2.94. The Morgan fingerprint density at radius 1 is 0.880 bits per heavy atom. The topological polar surface area (TPSA) is 42.3 Å². The molecule has 2 heterocycles. The lowest BCUT2D eigenvalue weighted by molar-refractivity contribution is 0.433. The summed E-state index contributed by atoms with van der Waals surface area (Å²) in [5, 5.41) is 0. The van der Waals surface area contributed by atoms with Gasteiger partial charge in [-0.1, -0.05) is 42.5 Å². The summed E-state index contributed by atoms with van der Waals surface area (Å²) in [6.45, 7) is 0. The molecule has 126 valence electrons. The Bertz CT molecular complexity index is 1040. The van der Waals surface area contributed by atoms with Crippen LogP contribution in [0.25, 0.3) is 6.08 Å². The highest BCUT2D eigenvalue weighted by Gasteiger charge is 2.35. The van der Waals surface area contributed by atoms with E-state index >= 15 is 0 Å². The molecule has 0 fully saturated rings. The number of sulfonamides is 1. The van der Waals surface area contributed by atoms with E-state index < -0.39 is 16.1 Å². The first-order chi connectivity index (χ1) is 12.1. The number of benzene rings is 2. The number of rotatable bonds is 3. The van der Waals surface area contributed by atoms with E-state index in [4.69, 9.17) is 0 Å². The van der Waals surface area contributed by atoms with E-state index in [2.05, 4.69) is 0 Å². The van der Waals surface area contributed by atoms with Crippen LogP contribution in [-0.4, -0.2) is 17.3 Å². The first kappa shape index (κ1) is 15.7. The average molecular weight is 350 g/mol. The zero-order valence-electron chi connectivity index (χ0n) is 13.8. The molecule has 0 amide bonds. The maximum atomic E-state index is 13.3. The minimum atomic E-state index is -3.66. The summed E-state index contributed by atoms with van der Waals surface area (Å²) >= 11 is 0. The molecular formula is C20H18N2O2S. The van der Waals surface area contributed by atoms with Gasteiger partial charge in [0.05, 0.1) is 4.90 Å². The van der Waals surface area contributed by atoms with Crippen molar-refractivity contribution in [2.75, 3.05) is 0 Å². The van der Waals surface area contributed by atoms with Gasteiger partial charge >= 0.3 is 0 Å². The smallest absolute Gasteiger partial charge is 0.264 e. The minimum Gasteiger partial charge on any atom is -0.352 e. The lowest BCUT2D eigenvalue weighted by Gasteiger charge is -2.34. The summed E-state index contributed by atoms with van der Waals surface area (Å²) < 4.78 is 30.0. The Morgan fingerprint density at radius 3 is 2.32 bits per heavy atom. The Balaban J connectivity index is 1.92. The molecule has 0 saturated heterocycles. The lowest BCUT2D eigenvalue weighted by atomic mass is 9.95. The summed E-state index contributed by atoms with van der Waals surface area (Å²) in [4.78, 5) is 0.290. The number of nitrogens with zero attached hydrogens (tertiary/aromatic N) is 2. The Morgan fingerprint density at radius 2 is 1.60 bits per heavy atom. The van der Waals surface area contributed by atoms with E-state index in [1.54, 1.807) is 30.5 Å². The highest BCUT2D eigenvalue weighted by molar-refractivity contribution is 7.89. The van der Waals surface area contributed by atoms with Gasteiger partial charge in [-0.15, -0.1) is 0 Å². The molecule has 1 aliphatic heterocycles. The van der Waals surface area contributed by atoms with Gasteiger partial charge in [0.2, 0.25) is 0 Å². The second kappa shape index (κ2) is 5.93. The van der Waals surface area contributed by atoms with E-state index in [0.717, 1.165) is 16.8 Å². The molecule has 0 bridgehead atoms. The molecule has 0 N–H and O–H groups in total. The van der Waals surface area contributed by atoms with Crippen molar-refractivity contribution in [3.8, 4) is 0 Å². The minimum absolute atomic E-state index is 0.290. The Labute approximate surface area is 147 Å². The van der Waals surface area contributed by atoms with Gasteiger partial charge in [0.1, 0.15) is 6.04 Å². The molecule has 2 aromatic carbocycles. The van der Waals surface area contributed by atoms with Crippen LogP contribution in [0.3, 0.4) is 0 Å². The Hall–Kier alpha value is -2.79. The molecule has 0 spiro atoms. The van der Waals surface area contributed by atoms with Crippen LogP contribution in [0.1, 0.15) is 22.9 Å². The highest BCUT2D eigenvalue weighted by atomic mass is 32.2. The maximum Gasteiger partial charge on any atom is 0.264 e. The average Bonchev–Trinajstić information content (AvgIpc) is 3.07. The third kappa shape index (κ3) is 2.57. The van der Waals surface area contributed by atoms with Crippen LogP contribution in [-0.2, 0) is 17.1 Å². The summed E-state index contributed by atoms with van der Waals surface area (Å²) in [7, 11) is -1.73. The largest absolute Gasteiger partial charge is 0.352 e. The normalized spacial score (nSPS) is 16.7. The molecular weight excluding hydrogens is 332 g/mol. The van der Waals surface area contributed by atoms with Gasteiger partial charge in [0.25, 0.3) is 10.0 Å². The van der Waals surface area contributed by atoms with Gasteiger partial charge in [-0.05, 0) is 41.5 Å². The van der Waals surface area contributed by atoms with E-state index in [1.165, 1.54) is 4.31 Å². The molecule has 4 nitrogen and oxygen atoms in total. The second-order valence-electron chi connectivity index (χ2n) is 6.04. The first-order valence-corrected chi connectivity index (χ1v) is 9.50. The molecule has 5 heteroatoms. The molecule has 0 radical (unpaired) electrons. The lowest BCUT2D eigenvalue weighted by Crippen LogP contribution is -2.34. The molecule has 4 rings (SSSR count). The quantitative estimate of drug-likeness (QED) is 0.721. The van der Waals surface area contributed by atoms with Gasteiger partial charge < -0.3 is 4.57 Å². The summed E-state index contributed by atoms with van der Waals surface area (Å²) in [5.74, 6) is 0. The van der Waals surface area contributed by atoms with Crippen LogP contribution >= 0.6 is 0 Å². The third-order valence-corrected chi connectivity index (χ3v) is 6.28. The molecule has 1 aliphatic rings. The fourth-order valence-corrected chi connectivity index (χ4v) is 4.73. The second-order valence-corrected chi connectivity index (χ2v) is 7.88. The fourth-order valence-electron chi connectivity index (χ4n) is 3.27. The summed E-state index contributed by atoms with van der Waals surface area (Å²) in [6.07, 6.45) is 5.46. The van der Waals surface area contributed by atoms with Crippen molar-refractivity contribution >= 4 is 16.1 Å². The number of aryl methyl sites for hydroxylation is 1. The van der Waals surface area contributed by atoms with Crippen molar-refractivity contribution < 1.29 is 8.42 Å². The Kier molecular flexibility index (Phi) is 3.73. The zero-order valence-corrected chi connectivity index (χ0v) is 14.6. The van der Waals surface area contributed by atoms with Crippen LogP contribution in [0, 0.1) is 0 Å². The number of fused-ring (bicyclic) bond motifs is 1. The molecule has 0 saturated carbocycles. The molecule has 25 heavy (non-hydrogen) atoms. The maximum absolute atomic E-state index is 13.3. The molecule has 1 unspecified atom stereocenters. The fraction of sp³-hybridized carbons (Fsp3) is 0.100. The van der Waals surface area contributed by atoms with Crippen molar-refractivity contribution in [1.29, 1.82) is 0 Å². The molecule has 1 atom stereocenters. The predicted octanol–water partition coefficient (Wildman–Crippen LogP) is 3.79. The van der Waals surface area contributed by atoms with Crippen LogP contribution in [0.4, 0.5) is 0 Å². The van der Waals surface area contributed by atoms with E-state index in [-0.39, 0.29) is 0 Å². The van der Waals surface area contributed by atoms with E-state index in [9.17, 15) is 8.42 Å². The summed E-state index contributed by atoms with van der Waals surface area (Å²) in [6, 6.07) is 20.0. The van der Waals surface area contributed by atoms with E-state index in [0.29, 0.717) is 4.90 Å². The van der Waals surface area contributed by atoms with Crippen LogP contribution in [0.5, 0.6) is 0 Å². The molecule has 3 aromatic rings. The number of aromatic nitrogens is 1. The number of hydrogen-bond acceptors (Lipinski definition) is 2. The van der Waals surface area contributed by atoms with Gasteiger partial charge in [-0.25, -0.2) is 8.42 Å². The first-order valence-electron chi connectivity index (χ1n) is 8.06. The van der Waals surface area contributed by atoms with Crippen LogP contribution in [0.2, 0.25) is 0 Å². The zero-order chi connectivity index (χ0) is 17.4. The number of hydrogen-bond donors (Lipinski definition) is 0. The van der Waals surface area contributed by atoms with Gasteiger partial charge in [-0.3, -0.25) is 4.31 Å². The SMILES string of the molecule is Cn1cccc1C1c2ccccc2C=CN1S(=O)(=O)c1ccccc1. The van der Waals surface area contributed by atoms with Gasteiger partial charge in [0, 0.05) is 25.1 Å². The standard InChI is InChI=1S/C20H18N2O2S/c1-21-14-7-12-19(21)20-18-11-6-5-8-16(18)13-15-22(20)25(23,24)17-9-3-2-4-10-17/h2-15,20H,1H3. The molecule has 1 aromatic heterocycles. The van der Waals surface area contributed by atoms with Crippen molar-refractivity contribution in [2.45, 2.75) is 10.9 Å². The van der Waals surface area contributed by atoms with Gasteiger partial charge in [0.15, 0.2) is 0 Å². The third-order valence-electron chi connectivity index (χ3n) is 4.53. The van der Waals surface area contributed by atoms with E-state index in [1.807, 2.05) is 66.4 Å². The highest BCUT2D eigenvalue weighted by Crippen LogP contribution is 2.38. The van der Waals surface area contributed by atoms with Crippen LogP contribution in [0.15, 0.2) is 84.0 Å². The molecule has 0 aliphatic carbocycles. The predicted molar refractivity (Wildman–Crippen MR) is 98.2 cm³/mol. The van der Waals surface area contributed by atoms with Crippen LogP contribution < -0.4 is 0 Å². The van der Waals surface area contributed by atoms with Crippen molar-refractivity contribution in [3.63, 3.8) is 0 Å². The van der Waals surface area contributed by atoms with Crippen molar-refractivity contribution in [2.24, 2.45) is 7.05 Å². The monoisotopic (exact) mass is 350 g/mol.